The summed E-state index contributed by atoms with van der Waals surface area (Å²) in [5.74, 6) is 0. The molecule has 2 aromatic carbocycles. The van der Waals surface area contributed by atoms with Gasteiger partial charge in [0.15, 0.2) is 0 Å². The van der Waals surface area contributed by atoms with Gasteiger partial charge in [-0.3, -0.25) is 9.88 Å². The summed E-state index contributed by atoms with van der Waals surface area (Å²) in [5.41, 5.74) is 3.39. The lowest BCUT2D eigenvalue weighted by Gasteiger charge is -2.28. The number of unbranched alkanes of at least 4 members (excludes halogenated alkanes) is 1. The Morgan fingerprint density at radius 1 is 0.966 bits per heavy atom. The van der Waals surface area contributed by atoms with Crippen LogP contribution in [0.3, 0.4) is 0 Å². The maximum absolute atomic E-state index is 12.7. The quantitative estimate of drug-likeness (QED) is 0.578. The first-order valence-electron chi connectivity index (χ1n) is 9.76. The van der Waals surface area contributed by atoms with E-state index in [-0.39, 0.29) is 17.3 Å². The molecule has 0 atom stereocenters. The summed E-state index contributed by atoms with van der Waals surface area (Å²) in [6, 6.07) is 17.5. The van der Waals surface area contributed by atoms with E-state index in [1.54, 1.807) is 18.3 Å². The molecular formula is C22H26ClN3O2S. The van der Waals surface area contributed by atoms with Crippen LogP contribution in [-0.4, -0.2) is 37.9 Å². The molecule has 1 aliphatic heterocycles. The number of para-hydroxylation sites is 1. The summed E-state index contributed by atoms with van der Waals surface area (Å²) in [4.78, 5) is 6.94. The Kier molecular flexibility index (Phi) is 7.24. The SMILES string of the molecule is Cl.O=S(=O)(NCCCCN1CCc2ccccc2C1)c1cccc2cccnc12. The standard InChI is InChI=1S/C22H25N3O2S.ClH/c26-28(27,21-11-5-9-19-10-6-13-23-22(19)21)24-14-3-4-15-25-16-12-18-7-1-2-8-20(18)17-25;/h1-2,5-11,13,24H,3-4,12,14-17H2;1H. The minimum absolute atomic E-state index is 0. The molecule has 3 aromatic rings. The van der Waals surface area contributed by atoms with Crippen molar-refractivity contribution >= 4 is 33.3 Å². The fourth-order valence-corrected chi connectivity index (χ4v) is 5.03. The van der Waals surface area contributed by atoms with Crippen LogP contribution >= 0.6 is 12.4 Å². The molecule has 29 heavy (non-hydrogen) atoms. The molecule has 0 bridgehead atoms. The van der Waals surface area contributed by atoms with E-state index in [1.807, 2.05) is 18.2 Å². The molecule has 0 saturated heterocycles. The van der Waals surface area contributed by atoms with Gasteiger partial charge in [-0.25, -0.2) is 13.1 Å². The van der Waals surface area contributed by atoms with Crippen LogP contribution < -0.4 is 4.72 Å². The first-order chi connectivity index (χ1) is 13.6. The van der Waals surface area contributed by atoms with Gasteiger partial charge in [0, 0.05) is 31.2 Å². The number of benzene rings is 2. The lowest BCUT2D eigenvalue weighted by molar-refractivity contribution is 0.249. The van der Waals surface area contributed by atoms with Crippen molar-refractivity contribution in [2.45, 2.75) is 30.7 Å². The van der Waals surface area contributed by atoms with E-state index in [2.05, 4.69) is 38.9 Å². The molecule has 0 amide bonds. The van der Waals surface area contributed by atoms with Crippen LogP contribution in [0.4, 0.5) is 0 Å². The van der Waals surface area contributed by atoms with Gasteiger partial charge in [0.1, 0.15) is 4.90 Å². The number of sulfonamides is 1. The van der Waals surface area contributed by atoms with Crippen molar-refractivity contribution in [1.29, 1.82) is 0 Å². The highest BCUT2D eigenvalue weighted by Crippen LogP contribution is 2.21. The smallest absolute Gasteiger partial charge is 0.242 e. The molecule has 1 N–H and O–H groups in total. The van der Waals surface area contributed by atoms with Gasteiger partial charge in [0.05, 0.1) is 5.52 Å². The van der Waals surface area contributed by atoms with Crippen LogP contribution in [0.5, 0.6) is 0 Å². The van der Waals surface area contributed by atoms with E-state index in [1.165, 1.54) is 11.1 Å². The average Bonchev–Trinajstić information content (AvgIpc) is 2.73. The minimum Gasteiger partial charge on any atom is -0.299 e. The maximum Gasteiger partial charge on any atom is 0.242 e. The van der Waals surface area contributed by atoms with Gasteiger partial charge in [0.2, 0.25) is 10.0 Å². The Morgan fingerprint density at radius 3 is 2.62 bits per heavy atom. The average molecular weight is 432 g/mol. The Balaban J connectivity index is 0.00000240. The number of hydrogen-bond acceptors (Lipinski definition) is 4. The van der Waals surface area contributed by atoms with E-state index < -0.39 is 10.0 Å². The van der Waals surface area contributed by atoms with Crippen LogP contribution in [0.15, 0.2) is 65.7 Å². The van der Waals surface area contributed by atoms with E-state index >= 15 is 0 Å². The highest BCUT2D eigenvalue weighted by Gasteiger charge is 2.18. The summed E-state index contributed by atoms with van der Waals surface area (Å²) >= 11 is 0. The number of halogens is 1. The molecule has 0 saturated carbocycles. The number of nitrogens with zero attached hydrogens (tertiary/aromatic N) is 2. The molecule has 5 nitrogen and oxygen atoms in total. The zero-order valence-electron chi connectivity index (χ0n) is 16.3. The lowest BCUT2D eigenvalue weighted by atomic mass is 10.00. The zero-order chi connectivity index (χ0) is 19.4. The number of fused-ring (bicyclic) bond motifs is 2. The molecule has 4 rings (SSSR count). The molecule has 0 aliphatic carbocycles. The molecule has 1 aliphatic rings. The highest BCUT2D eigenvalue weighted by molar-refractivity contribution is 7.89. The van der Waals surface area contributed by atoms with E-state index in [0.717, 1.165) is 44.3 Å². The number of nitrogens with one attached hydrogen (secondary N) is 1. The normalized spacial score (nSPS) is 14.3. The van der Waals surface area contributed by atoms with E-state index in [9.17, 15) is 8.42 Å². The van der Waals surface area contributed by atoms with Crippen molar-refractivity contribution in [3.05, 3.63) is 71.9 Å². The monoisotopic (exact) mass is 431 g/mol. The van der Waals surface area contributed by atoms with Crippen molar-refractivity contribution in [1.82, 2.24) is 14.6 Å². The maximum atomic E-state index is 12.7. The van der Waals surface area contributed by atoms with E-state index in [0.29, 0.717) is 12.1 Å². The van der Waals surface area contributed by atoms with Crippen molar-refractivity contribution in [2.75, 3.05) is 19.6 Å². The minimum atomic E-state index is -3.56. The third-order valence-electron chi connectivity index (χ3n) is 5.29. The second-order valence-electron chi connectivity index (χ2n) is 7.23. The molecule has 0 radical (unpaired) electrons. The molecule has 0 fully saturated rings. The van der Waals surface area contributed by atoms with Crippen molar-refractivity contribution in [2.24, 2.45) is 0 Å². The summed E-state index contributed by atoms with van der Waals surface area (Å²) in [6.45, 7) is 3.50. The summed E-state index contributed by atoms with van der Waals surface area (Å²) < 4.78 is 28.1. The Hall–Kier alpha value is -1.99. The second kappa shape index (κ2) is 9.67. The molecule has 0 spiro atoms. The van der Waals surface area contributed by atoms with Crippen LogP contribution in [0, 0.1) is 0 Å². The van der Waals surface area contributed by atoms with Crippen LogP contribution in [0.2, 0.25) is 0 Å². The van der Waals surface area contributed by atoms with Gasteiger partial charge < -0.3 is 0 Å². The fraction of sp³-hybridized carbons (Fsp3) is 0.318. The largest absolute Gasteiger partial charge is 0.299 e. The molecule has 0 unspecified atom stereocenters. The third-order valence-corrected chi connectivity index (χ3v) is 6.78. The lowest BCUT2D eigenvalue weighted by Crippen LogP contribution is -2.32. The van der Waals surface area contributed by atoms with Crippen molar-refractivity contribution in [3.8, 4) is 0 Å². The molecule has 2 heterocycles. The molecular weight excluding hydrogens is 406 g/mol. The highest BCUT2D eigenvalue weighted by atomic mass is 35.5. The van der Waals surface area contributed by atoms with Crippen LogP contribution in [0.25, 0.3) is 10.9 Å². The van der Waals surface area contributed by atoms with Crippen LogP contribution in [-0.2, 0) is 23.0 Å². The van der Waals surface area contributed by atoms with Gasteiger partial charge in [0.25, 0.3) is 0 Å². The Bertz CT molecular complexity index is 1070. The summed E-state index contributed by atoms with van der Waals surface area (Å²) in [5, 5.41) is 0.829. The number of aromatic nitrogens is 1. The second-order valence-corrected chi connectivity index (χ2v) is 8.97. The number of pyridine rings is 1. The number of rotatable bonds is 7. The Labute approximate surface area is 178 Å². The van der Waals surface area contributed by atoms with Gasteiger partial charge in [-0.1, -0.05) is 42.5 Å². The fourth-order valence-electron chi connectivity index (χ4n) is 3.78. The van der Waals surface area contributed by atoms with E-state index in [4.69, 9.17) is 0 Å². The molecule has 1 aromatic heterocycles. The molecule has 154 valence electrons. The Morgan fingerprint density at radius 2 is 1.76 bits per heavy atom. The van der Waals surface area contributed by atoms with Gasteiger partial charge in [-0.2, -0.15) is 0 Å². The topological polar surface area (TPSA) is 62.3 Å². The summed E-state index contributed by atoms with van der Waals surface area (Å²) in [6.07, 6.45) is 4.50. The van der Waals surface area contributed by atoms with Crippen molar-refractivity contribution < 1.29 is 8.42 Å². The van der Waals surface area contributed by atoms with Gasteiger partial charge in [-0.05, 0) is 49.1 Å². The van der Waals surface area contributed by atoms with Crippen molar-refractivity contribution in [3.63, 3.8) is 0 Å². The summed E-state index contributed by atoms with van der Waals surface area (Å²) in [7, 11) is -3.56. The number of hydrogen-bond donors (Lipinski definition) is 1. The van der Waals surface area contributed by atoms with Gasteiger partial charge in [-0.15, -0.1) is 12.4 Å². The molecule has 7 heteroatoms. The zero-order valence-corrected chi connectivity index (χ0v) is 17.9. The third kappa shape index (κ3) is 5.14. The van der Waals surface area contributed by atoms with Gasteiger partial charge >= 0.3 is 0 Å². The predicted molar refractivity (Wildman–Crippen MR) is 119 cm³/mol. The predicted octanol–water partition coefficient (Wildman–Crippen LogP) is 3.77. The van der Waals surface area contributed by atoms with Crippen LogP contribution in [0.1, 0.15) is 24.0 Å². The first kappa shape index (κ1) is 21.7. The first-order valence-corrected chi connectivity index (χ1v) is 11.2.